The Bertz CT molecular complexity index is 1040. The van der Waals surface area contributed by atoms with Crippen LogP contribution >= 0.6 is 27.3 Å². The van der Waals surface area contributed by atoms with Gasteiger partial charge < -0.3 is 9.72 Å². The van der Waals surface area contributed by atoms with Gasteiger partial charge in [0.15, 0.2) is 11.9 Å². The van der Waals surface area contributed by atoms with Gasteiger partial charge in [0.2, 0.25) is 0 Å². The smallest absolute Gasteiger partial charge is 0.307 e. The number of carbonyl (C=O) groups is 1. The van der Waals surface area contributed by atoms with E-state index in [1.54, 1.807) is 6.92 Å². The van der Waals surface area contributed by atoms with E-state index >= 15 is 0 Å². The summed E-state index contributed by atoms with van der Waals surface area (Å²) in [5.41, 5.74) is 0.898. The van der Waals surface area contributed by atoms with E-state index in [2.05, 4.69) is 25.9 Å². The Labute approximate surface area is 182 Å². The molecule has 3 unspecified atom stereocenters. The minimum atomic E-state index is -0.561. The number of aryl methyl sites for hydroxylation is 2. The second-order valence-electron chi connectivity index (χ2n) is 9.84. The highest BCUT2D eigenvalue weighted by molar-refractivity contribution is 9.10. The van der Waals surface area contributed by atoms with Crippen molar-refractivity contribution >= 4 is 43.5 Å². The monoisotopic (exact) mass is 478 g/mol. The largest absolute Gasteiger partial charge is 0.454 e. The summed E-state index contributed by atoms with van der Waals surface area (Å²) in [6.45, 7) is 5.73. The SMILES string of the molecule is Cc1sc2nc(C(C)OC(=O)CC34CC5CC(CC(Br)(C5)C3)C4)[nH]c(=O)c2c1C. The van der Waals surface area contributed by atoms with E-state index in [0.29, 0.717) is 22.5 Å². The quantitative estimate of drug-likeness (QED) is 0.475. The lowest BCUT2D eigenvalue weighted by molar-refractivity contribution is -0.156. The van der Waals surface area contributed by atoms with Crippen LogP contribution in [-0.4, -0.2) is 20.3 Å². The predicted octanol–water partition coefficient (Wildman–Crippen LogP) is 5.33. The Hall–Kier alpha value is -1.21. The third-order valence-corrected chi connectivity index (χ3v) is 9.41. The second kappa shape index (κ2) is 6.64. The van der Waals surface area contributed by atoms with Crippen LogP contribution in [0.2, 0.25) is 0 Å². The van der Waals surface area contributed by atoms with Crippen LogP contribution in [0.4, 0.5) is 0 Å². The fourth-order valence-electron chi connectivity index (χ4n) is 6.61. The number of halogens is 1. The molecule has 4 fully saturated rings. The van der Waals surface area contributed by atoms with Crippen LogP contribution in [-0.2, 0) is 9.53 Å². The first kappa shape index (κ1) is 19.7. The number of fused-ring (bicyclic) bond motifs is 1. The summed E-state index contributed by atoms with van der Waals surface area (Å²) in [6, 6.07) is 0. The molecule has 6 rings (SSSR count). The number of hydrogen-bond donors (Lipinski definition) is 1. The van der Waals surface area contributed by atoms with E-state index in [-0.39, 0.29) is 21.3 Å². The third kappa shape index (κ3) is 3.38. The maximum Gasteiger partial charge on any atom is 0.307 e. The van der Waals surface area contributed by atoms with E-state index in [9.17, 15) is 9.59 Å². The number of H-pyrrole nitrogens is 1. The molecule has 4 aliphatic rings. The van der Waals surface area contributed by atoms with Gasteiger partial charge in [-0.25, -0.2) is 4.98 Å². The van der Waals surface area contributed by atoms with Gasteiger partial charge in [0.25, 0.3) is 5.56 Å². The van der Waals surface area contributed by atoms with Crippen molar-refractivity contribution in [2.45, 2.75) is 76.1 Å². The normalized spacial score (nSPS) is 33.9. The molecule has 0 spiro atoms. The van der Waals surface area contributed by atoms with Crippen LogP contribution in [0.15, 0.2) is 4.79 Å². The first-order valence-corrected chi connectivity index (χ1v) is 12.1. The lowest BCUT2D eigenvalue weighted by Crippen LogP contribution is -2.53. The topological polar surface area (TPSA) is 72.0 Å². The highest BCUT2D eigenvalue weighted by atomic mass is 79.9. The summed E-state index contributed by atoms with van der Waals surface area (Å²) < 4.78 is 6.00. The Morgan fingerprint density at radius 2 is 2.00 bits per heavy atom. The molecule has 1 N–H and O–H groups in total. The molecule has 4 saturated carbocycles. The molecule has 0 radical (unpaired) electrons. The number of thiophene rings is 1. The molecule has 2 heterocycles. The number of hydrogen-bond acceptors (Lipinski definition) is 5. The maximum absolute atomic E-state index is 12.9. The van der Waals surface area contributed by atoms with Crippen molar-refractivity contribution in [1.29, 1.82) is 0 Å². The second-order valence-corrected chi connectivity index (χ2v) is 12.7. The zero-order valence-corrected chi connectivity index (χ0v) is 19.5. The molecule has 0 aromatic carbocycles. The number of carbonyl (C=O) groups excluding carboxylic acids is 1. The number of esters is 1. The van der Waals surface area contributed by atoms with E-state index < -0.39 is 6.10 Å². The standard InChI is InChI=1S/C22H27BrN2O3S/c1-11-13(3)29-20-17(11)19(27)24-18(25-20)12(2)28-16(26)9-21-5-14-4-15(6-21)8-22(23,7-14)10-21/h12,14-15H,4-10H2,1-3H3,(H,24,25,27). The molecule has 156 valence electrons. The van der Waals surface area contributed by atoms with E-state index in [0.717, 1.165) is 41.5 Å². The molecule has 0 amide bonds. The van der Waals surface area contributed by atoms with Gasteiger partial charge in [0.1, 0.15) is 4.83 Å². The minimum absolute atomic E-state index is 0.0805. The summed E-state index contributed by atoms with van der Waals surface area (Å²) in [5.74, 6) is 1.74. The molecule has 3 atom stereocenters. The van der Waals surface area contributed by atoms with E-state index in [1.807, 2.05) is 13.8 Å². The number of nitrogens with one attached hydrogen (secondary N) is 1. The molecule has 5 nitrogen and oxygen atoms in total. The zero-order chi connectivity index (χ0) is 20.6. The first-order valence-electron chi connectivity index (χ1n) is 10.5. The van der Waals surface area contributed by atoms with Crippen molar-refractivity contribution in [1.82, 2.24) is 9.97 Å². The zero-order valence-electron chi connectivity index (χ0n) is 17.1. The number of nitrogens with zero attached hydrogens (tertiary/aromatic N) is 1. The van der Waals surface area contributed by atoms with Gasteiger partial charge in [-0.1, -0.05) is 15.9 Å². The van der Waals surface area contributed by atoms with Crippen molar-refractivity contribution in [3.05, 3.63) is 26.6 Å². The molecule has 0 saturated heterocycles. The molecule has 2 aromatic rings. The molecule has 0 aliphatic heterocycles. The number of aromatic nitrogens is 2. The van der Waals surface area contributed by atoms with Crippen LogP contribution in [0.3, 0.4) is 0 Å². The molecular formula is C22H27BrN2O3S. The summed E-state index contributed by atoms with van der Waals surface area (Å²) in [6.07, 6.45) is 7.11. The van der Waals surface area contributed by atoms with Crippen molar-refractivity contribution in [2.24, 2.45) is 17.3 Å². The van der Waals surface area contributed by atoms with Crippen LogP contribution < -0.4 is 5.56 Å². The highest BCUT2D eigenvalue weighted by Crippen LogP contribution is 2.65. The van der Waals surface area contributed by atoms with Gasteiger partial charge in [0.05, 0.1) is 11.8 Å². The van der Waals surface area contributed by atoms with Crippen molar-refractivity contribution in [3.8, 4) is 0 Å². The molecule has 29 heavy (non-hydrogen) atoms. The molecule has 7 heteroatoms. The van der Waals surface area contributed by atoms with Gasteiger partial charge in [-0.3, -0.25) is 9.59 Å². The number of alkyl halides is 1. The summed E-state index contributed by atoms with van der Waals surface area (Å²) >= 11 is 5.52. The lowest BCUT2D eigenvalue weighted by Gasteiger charge is -2.60. The van der Waals surface area contributed by atoms with Crippen molar-refractivity contribution < 1.29 is 9.53 Å². The van der Waals surface area contributed by atoms with Crippen LogP contribution in [0.5, 0.6) is 0 Å². The van der Waals surface area contributed by atoms with Crippen LogP contribution in [0, 0.1) is 31.1 Å². The molecule has 2 aromatic heterocycles. The van der Waals surface area contributed by atoms with Gasteiger partial charge in [-0.2, -0.15) is 0 Å². The highest BCUT2D eigenvalue weighted by Gasteiger charge is 2.57. The Morgan fingerprint density at radius 1 is 1.31 bits per heavy atom. The number of ether oxygens (including phenoxy) is 1. The average Bonchev–Trinajstić information content (AvgIpc) is 2.86. The molecular weight excluding hydrogens is 452 g/mol. The van der Waals surface area contributed by atoms with Crippen molar-refractivity contribution in [2.75, 3.05) is 0 Å². The Kier molecular flexibility index (Phi) is 4.52. The summed E-state index contributed by atoms with van der Waals surface area (Å²) in [4.78, 5) is 34.6. The van der Waals surface area contributed by atoms with Gasteiger partial charge in [0, 0.05) is 9.20 Å². The predicted molar refractivity (Wildman–Crippen MR) is 118 cm³/mol. The van der Waals surface area contributed by atoms with E-state index in [1.165, 1.54) is 30.6 Å². The fourth-order valence-corrected chi connectivity index (χ4v) is 9.15. The van der Waals surface area contributed by atoms with Gasteiger partial charge >= 0.3 is 5.97 Å². The molecule has 4 bridgehead atoms. The number of rotatable bonds is 4. The number of aromatic amines is 1. The Morgan fingerprint density at radius 3 is 2.66 bits per heavy atom. The maximum atomic E-state index is 12.9. The van der Waals surface area contributed by atoms with Gasteiger partial charge in [-0.15, -0.1) is 11.3 Å². The van der Waals surface area contributed by atoms with Crippen LogP contribution in [0.25, 0.3) is 10.2 Å². The Balaban J connectivity index is 1.32. The fraction of sp³-hybridized carbons (Fsp3) is 0.682. The van der Waals surface area contributed by atoms with E-state index in [4.69, 9.17) is 4.74 Å². The summed E-state index contributed by atoms with van der Waals surface area (Å²) in [5, 5.41) is 0.644. The van der Waals surface area contributed by atoms with Gasteiger partial charge in [-0.05, 0) is 82.1 Å². The average molecular weight is 479 g/mol. The molecule has 4 aliphatic carbocycles. The first-order chi connectivity index (χ1) is 13.7. The summed E-state index contributed by atoms with van der Waals surface area (Å²) in [7, 11) is 0. The third-order valence-electron chi connectivity index (χ3n) is 7.38. The van der Waals surface area contributed by atoms with Crippen molar-refractivity contribution in [3.63, 3.8) is 0 Å². The lowest BCUT2D eigenvalue weighted by atomic mass is 9.49. The minimum Gasteiger partial charge on any atom is -0.454 e. The van der Waals surface area contributed by atoms with Crippen LogP contribution in [0.1, 0.15) is 74.2 Å².